The number of hydrogen-bond acceptors (Lipinski definition) is 5. The van der Waals surface area contributed by atoms with Crippen LogP contribution in [0.15, 0.2) is 0 Å². The van der Waals surface area contributed by atoms with Gasteiger partial charge in [0.2, 0.25) is 0 Å². The van der Waals surface area contributed by atoms with Gasteiger partial charge in [0.05, 0.1) is 37.1 Å². The van der Waals surface area contributed by atoms with Crippen molar-refractivity contribution in [1.82, 2.24) is 0 Å². The molecule has 0 radical (unpaired) electrons. The molecule has 0 aromatic carbocycles. The van der Waals surface area contributed by atoms with Crippen molar-refractivity contribution < 1.29 is 19.7 Å². The zero-order valence-corrected chi connectivity index (χ0v) is 11.3. The molecule has 4 atom stereocenters. The molecule has 0 spiro atoms. The average molecular weight is 271 g/mol. The number of hydrogen-bond donors (Lipinski definition) is 3. The van der Waals surface area contributed by atoms with Crippen LogP contribution in [0.2, 0.25) is 0 Å². The predicted octanol–water partition coefficient (Wildman–Crippen LogP) is 0.174. The Balaban J connectivity index is 1.53. The van der Waals surface area contributed by atoms with Gasteiger partial charge >= 0.3 is 0 Å². The van der Waals surface area contributed by atoms with Gasteiger partial charge in [-0.1, -0.05) is 6.42 Å². The van der Waals surface area contributed by atoms with Crippen LogP contribution in [0.3, 0.4) is 0 Å². The SMILES string of the molecule is NC1(CCC2CC(O)C(O)C(C3CCC3)O2)COC1. The average Bonchev–Trinajstić information content (AvgIpc) is 2.28. The normalized spacial score (nSPS) is 42.5. The third-order valence-corrected chi connectivity index (χ3v) is 4.94. The second kappa shape index (κ2) is 5.30. The zero-order chi connectivity index (χ0) is 13.5. The van der Waals surface area contributed by atoms with Gasteiger partial charge in [-0.15, -0.1) is 0 Å². The Morgan fingerprint density at radius 1 is 1.21 bits per heavy atom. The van der Waals surface area contributed by atoms with E-state index in [2.05, 4.69) is 0 Å². The van der Waals surface area contributed by atoms with Gasteiger partial charge in [0.25, 0.3) is 0 Å². The van der Waals surface area contributed by atoms with E-state index in [4.69, 9.17) is 15.2 Å². The molecule has 4 unspecified atom stereocenters. The maximum absolute atomic E-state index is 10.1. The molecule has 3 rings (SSSR count). The summed E-state index contributed by atoms with van der Waals surface area (Å²) in [5, 5.41) is 20.1. The van der Waals surface area contributed by atoms with E-state index in [0.29, 0.717) is 25.6 Å². The molecule has 2 heterocycles. The Bertz CT molecular complexity index is 317. The molecule has 2 saturated heterocycles. The summed E-state index contributed by atoms with van der Waals surface area (Å²) in [4.78, 5) is 0. The van der Waals surface area contributed by atoms with Crippen LogP contribution in [0, 0.1) is 5.92 Å². The van der Waals surface area contributed by atoms with Gasteiger partial charge in [-0.2, -0.15) is 0 Å². The first-order valence-corrected chi connectivity index (χ1v) is 7.46. The van der Waals surface area contributed by atoms with E-state index in [9.17, 15) is 10.2 Å². The maximum atomic E-state index is 10.1. The molecule has 4 N–H and O–H groups in total. The molecule has 1 saturated carbocycles. The van der Waals surface area contributed by atoms with Gasteiger partial charge in [0, 0.05) is 6.42 Å². The first-order chi connectivity index (χ1) is 9.07. The van der Waals surface area contributed by atoms with Crippen molar-refractivity contribution >= 4 is 0 Å². The Kier molecular flexibility index (Phi) is 3.84. The number of rotatable bonds is 4. The smallest absolute Gasteiger partial charge is 0.106 e. The first-order valence-electron chi connectivity index (χ1n) is 7.46. The minimum Gasteiger partial charge on any atom is -0.390 e. The lowest BCUT2D eigenvalue weighted by Crippen LogP contribution is -2.58. The van der Waals surface area contributed by atoms with Gasteiger partial charge in [-0.05, 0) is 31.6 Å². The molecule has 1 aliphatic carbocycles. The summed E-state index contributed by atoms with van der Waals surface area (Å²) < 4.78 is 11.2. The Morgan fingerprint density at radius 2 is 1.95 bits per heavy atom. The fourth-order valence-electron chi connectivity index (χ4n) is 3.29. The Hall–Kier alpha value is -0.200. The highest BCUT2D eigenvalue weighted by molar-refractivity contribution is 4.95. The lowest BCUT2D eigenvalue weighted by molar-refractivity contribution is -0.197. The van der Waals surface area contributed by atoms with Crippen LogP contribution < -0.4 is 5.73 Å². The highest BCUT2D eigenvalue weighted by atomic mass is 16.5. The van der Waals surface area contributed by atoms with Gasteiger partial charge in [0.1, 0.15) is 6.10 Å². The molecule has 5 nitrogen and oxygen atoms in total. The van der Waals surface area contributed by atoms with Crippen LogP contribution in [0.5, 0.6) is 0 Å². The van der Waals surface area contributed by atoms with Crippen LogP contribution in [0.1, 0.15) is 38.5 Å². The topological polar surface area (TPSA) is 84.9 Å². The van der Waals surface area contributed by atoms with Crippen LogP contribution >= 0.6 is 0 Å². The van der Waals surface area contributed by atoms with Crippen LogP contribution in [0.25, 0.3) is 0 Å². The third kappa shape index (κ3) is 2.81. The molecule has 0 aromatic rings. The van der Waals surface area contributed by atoms with Crippen molar-refractivity contribution in [3.63, 3.8) is 0 Å². The summed E-state index contributed by atoms with van der Waals surface area (Å²) in [6.07, 6.45) is 4.09. The summed E-state index contributed by atoms with van der Waals surface area (Å²) >= 11 is 0. The summed E-state index contributed by atoms with van der Waals surface area (Å²) in [5.74, 6) is 0.423. The van der Waals surface area contributed by atoms with Crippen molar-refractivity contribution in [3.8, 4) is 0 Å². The predicted molar refractivity (Wildman–Crippen MR) is 69.6 cm³/mol. The highest BCUT2D eigenvalue weighted by Gasteiger charge is 2.43. The fourth-order valence-corrected chi connectivity index (χ4v) is 3.29. The van der Waals surface area contributed by atoms with Gasteiger partial charge < -0.3 is 25.4 Å². The van der Waals surface area contributed by atoms with E-state index < -0.39 is 12.2 Å². The van der Waals surface area contributed by atoms with Gasteiger partial charge in [-0.25, -0.2) is 0 Å². The van der Waals surface area contributed by atoms with Crippen molar-refractivity contribution in [3.05, 3.63) is 0 Å². The Labute approximate surface area is 114 Å². The van der Waals surface area contributed by atoms with E-state index in [1.807, 2.05) is 0 Å². The van der Waals surface area contributed by atoms with E-state index in [-0.39, 0.29) is 17.7 Å². The largest absolute Gasteiger partial charge is 0.390 e. The second-order valence-corrected chi connectivity index (χ2v) is 6.60. The summed E-state index contributed by atoms with van der Waals surface area (Å²) in [5.41, 5.74) is 5.92. The summed E-state index contributed by atoms with van der Waals surface area (Å²) in [7, 11) is 0. The molecule has 5 heteroatoms. The molecule has 0 aromatic heterocycles. The highest BCUT2D eigenvalue weighted by Crippen LogP contribution is 2.38. The van der Waals surface area contributed by atoms with Crippen LogP contribution in [-0.2, 0) is 9.47 Å². The third-order valence-electron chi connectivity index (χ3n) is 4.94. The second-order valence-electron chi connectivity index (χ2n) is 6.60. The lowest BCUT2D eigenvalue weighted by Gasteiger charge is -2.45. The minimum atomic E-state index is -0.722. The molecule has 2 aliphatic heterocycles. The standard InChI is InChI=1S/C14H25NO4/c15-14(7-18-8-14)5-4-10-6-11(16)12(17)13(19-10)9-2-1-3-9/h9-13,16-17H,1-8,15H2. The van der Waals surface area contributed by atoms with E-state index >= 15 is 0 Å². The monoisotopic (exact) mass is 271 g/mol. The molecular formula is C14H25NO4. The van der Waals surface area contributed by atoms with E-state index in [0.717, 1.165) is 25.7 Å². The van der Waals surface area contributed by atoms with Crippen molar-refractivity contribution in [2.45, 2.75) is 68.5 Å². The maximum Gasteiger partial charge on any atom is 0.106 e. The molecule has 3 aliphatic rings. The van der Waals surface area contributed by atoms with Gasteiger partial charge in [-0.3, -0.25) is 0 Å². The number of aliphatic hydroxyl groups is 2. The quantitative estimate of drug-likeness (QED) is 0.679. The first kappa shape index (κ1) is 13.8. The molecule has 3 fully saturated rings. The number of ether oxygens (including phenoxy) is 2. The lowest BCUT2D eigenvalue weighted by atomic mass is 9.76. The van der Waals surface area contributed by atoms with Crippen LogP contribution in [-0.4, -0.2) is 53.4 Å². The summed E-state index contributed by atoms with van der Waals surface area (Å²) in [6.45, 7) is 1.24. The van der Waals surface area contributed by atoms with Crippen LogP contribution in [0.4, 0.5) is 0 Å². The van der Waals surface area contributed by atoms with E-state index in [1.165, 1.54) is 6.42 Å². The molecular weight excluding hydrogens is 246 g/mol. The number of aliphatic hydroxyl groups excluding tert-OH is 2. The van der Waals surface area contributed by atoms with Crippen molar-refractivity contribution in [1.29, 1.82) is 0 Å². The minimum absolute atomic E-state index is 0.0185. The molecule has 19 heavy (non-hydrogen) atoms. The summed E-state index contributed by atoms with van der Waals surface area (Å²) in [6, 6.07) is 0. The molecule has 0 amide bonds. The van der Waals surface area contributed by atoms with E-state index in [1.54, 1.807) is 0 Å². The molecule has 110 valence electrons. The van der Waals surface area contributed by atoms with Crippen molar-refractivity contribution in [2.75, 3.05) is 13.2 Å². The zero-order valence-electron chi connectivity index (χ0n) is 11.3. The van der Waals surface area contributed by atoms with Crippen molar-refractivity contribution in [2.24, 2.45) is 11.7 Å². The number of nitrogens with two attached hydrogens (primary N) is 1. The Morgan fingerprint density at radius 3 is 2.47 bits per heavy atom. The fraction of sp³-hybridized carbons (Fsp3) is 1.00. The molecule has 0 bridgehead atoms. The van der Waals surface area contributed by atoms with Gasteiger partial charge in [0.15, 0.2) is 0 Å².